The first kappa shape index (κ1) is 14.4. The van der Waals surface area contributed by atoms with E-state index < -0.39 is 0 Å². The maximum atomic E-state index is 12.4. The van der Waals surface area contributed by atoms with Gasteiger partial charge in [0.1, 0.15) is 0 Å². The number of amides is 1. The summed E-state index contributed by atoms with van der Waals surface area (Å²) in [5, 5.41) is 0. The highest BCUT2D eigenvalue weighted by atomic mass is 16.2. The van der Waals surface area contributed by atoms with Gasteiger partial charge in [0.15, 0.2) is 0 Å². The Morgan fingerprint density at radius 2 is 1.77 bits per heavy atom. The molecule has 0 radical (unpaired) electrons. The molecule has 2 heterocycles. The van der Waals surface area contributed by atoms with E-state index in [0.717, 1.165) is 37.1 Å². The van der Waals surface area contributed by atoms with Crippen LogP contribution in [0, 0.1) is 0 Å². The van der Waals surface area contributed by atoms with E-state index in [4.69, 9.17) is 0 Å². The van der Waals surface area contributed by atoms with Crippen LogP contribution in [-0.2, 0) is 0 Å². The summed E-state index contributed by atoms with van der Waals surface area (Å²) in [6.07, 6.45) is 7.27. The highest BCUT2D eigenvalue weighted by Gasteiger charge is 2.22. The van der Waals surface area contributed by atoms with Crippen LogP contribution in [0.2, 0.25) is 0 Å². The van der Waals surface area contributed by atoms with Crippen molar-refractivity contribution in [3.8, 4) is 0 Å². The fourth-order valence-electron chi connectivity index (χ4n) is 2.62. The number of carbonyl (C=O) groups excluding carboxylic acids is 1. The van der Waals surface area contributed by atoms with Crippen LogP contribution in [0.4, 0.5) is 0 Å². The van der Waals surface area contributed by atoms with Gasteiger partial charge in [-0.2, -0.15) is 0 Å². The van der Waals surface area contributed by atoms with Gasteiger partial charge in [0.25, 0.3) is 5.91 Å². The van der Waals surface area contributed by atoms with E-state index in [0.29, 0.717) is 6.04 Å². The average Bonchev–Trinajstić information content (AvgIpc) is 2.61. The van der Waals surface area contributed by atoms with Gasteiger partial charge in [0.05, 0.1) is 6.04 Å². The molecule has 4 heteroatoms. The van der Waals surface area contributed by atoms with Gasteiger partial charge in [-0.3, -0.25) is 14.8 Å². The summed E-state index contributed by atoms with van der Waals surface area (Å²) in [4.78, 5) is 22.9. The molecule has 22 heavy (non-hydrogen) atoms. The number of piperidine rings is 1. The number of pyridine rings is 1. The van der Waals surface area contributed by atoms with Gasteiger partial charge in [-0.15, -0.1) is 0 Å². The Balaban J connectivity index is 1.54. The van der Waals surface area contributed by atoms with E-state index in [9.17, 15) is 4.79 Å². The molecule has 1 fully saturated rings. The molecule has 112 valence electrons. The third-order valence-electron chi connectivity index (χ3n) is 3.91. The van der Waals surface area contributed by atoms with Crippen molar-refractivity contribution in [3.05, 3.63) is 66.0 Å². The molecular formula is C18H19N3O. The quantitative estimate of drug-likeness (QED) is 0.817. The van der Waals surface area contributed by atoms with Crippen molar-refractivity contribution < 1.29 is 4.79 Å². The number of hydrogen-bond acceptors (Lipinski definition) is 3. The van der Waals surface area contributed by atoms with Crippen molar-refractivity contribution in [1.82, 2.24) is 9.88 Å². The number of nitrogens with zero attached hydrogens (tertiary/aromatic N) is 3. The van der Waals surface area contributed by atoms with Crippen molar-refractivity contribution in [2.75, 3.05) is 13.1 Å². The first-order chi connectivity index (χ1) is 10.8. The maximum Gasteiger partial charge on any atom is 0.253 e. The summed E-state index contributed by atoms with van der Waals surface area (Å²) in [5.41, 5.74) is 1.83. The Hall–Kier alpha value is -2.49. The SMILES string of the molecule is O=C(c1ccccc1)N1CCC(N=Cc2ccncc2)CC1. The van der Waals surface area contributed by atoms with Gasteiger partial charge in [-0.1, -0.05) is 18.2 Å². The second-order valence-electron chi connectivity index (χ2n) is 5.45. The second kappa shape index (κ2) is 6.98. The van der Waals surface area contributed by atoms with Crippen LogP contribution < -0.4 is 0 Å². The van der Waals surface area contributed by atoms with Gasteiger partial charge >= 0.3 is 0 Å². The van der Waals surface area contributed by atoms with Crippen molar-refractivity contribution in [2.45, 2.75) is 18.9 Å². The first-order valence-electron chi connectivity index (χ1n) is 7.60. The molecule has 2 aromatic rings. The van der Waals surface area contributed by atoms with Crippen LogP contribution in [0.3, 0.4) is 0 Å². The standard InChI is InChI=1S/C18H19N3O/c22-18(16-4-2-1-3-5-16)21-12-8-17(9-13-21)20-14-15-6-10-19-11-7-15/h1-7,10-11,14,17H,8-9,12-13H2. The average molecular weight is 293 g/mol. The number of rotatable bonds is 3. The zero-order valence-electron chi connectivity index (χ0n) is 12.4. The van der Waals surface area contributed by atoms with Crippen LogP contribution in [0.15, 0.2) is 59.9 Å². The molecule has 0 N–H and O–H groups in total. The fourth-order valence-corrected chi connectivity index (χ4v) is 2.62. The van der Waals surface area contributed by atoms with Gasteiger partial charge in [-0.05, 0) is 42.7 Å². The normalized spacial score (nSPS) is 16.1. The lowest BCUT2D eigenvalue weighted by Crippen LogP contribution is -2.39. The summed E-state index contributed by atoms with van der Waals surface area (Å²) >= 11 is 0. The Morgan fingerprint density at radius 1 is 1.09 bits per heavy atom. The summed E-state index contributed by atoms with van der Waals surface area (Å²) in [6, 6.07) is 13.7. The van der Waals surface area contributed by atoms with Gasteiger partial charge in [-0.25, -0.2) is 0 Å². The van der Waals surface area contributed by atoms with Crippen molar-refractivity contribution in [3.63, 3.8) is 0 Å². The van der Waals surface area contributed by atoms with Gasteiger partial charge in [0, 0.05) is 37.3 Å². The van der Waals surface area contributed by atoms with Crippen LogP contribution in [0.5, 0.6) is 0 Å². The molecule has 1 aromatic carbocycles. The van der Waals surface area contributed by atoms with Crippen molar-refractivity contribution in [2.24, 2.45) is 4.99 Å². The minimum atomic E-state index is 0.122. The molecule has 0 atom stereocenters. The second-order valence-corrected chi connectivity index (χ2v) is 5.45. The van der Waals surface area contributed by atoms with E-state index >= 15 is 0 Å². The summed E-state index contributed by atoms with van der Waals surface area (Å²) in [5.74, 6) is 0.122. The molecule has 0 unspecified atom stereocenters. The van der Waals surface area contributed by atoms with Crippen molar-refractivity contribution >= 4 is 12.1 Å². The molecule has 3 rings (SSSR count). The Morgan fingerprint density at radius 3 is 2.45 bits per heavy atom. The number of carbonyl (C=O) groups is 1. The maximum absolute atomic E-state index is 12.4. The summed E-state index contributed by atoms with van der Waals surface area (Å²) in [6.45, 7) is 1.54. The van der Waals surface area contributed by atoms with E-state index in [2.05, 4.69) is 9.98 Å². The van der Waals surface area contributed by atoms with E-state index in [1.54, 1.807) is 12.4 Å². The predicted octanol–water partition coefficient (Wildman–Crippen LogP) is 2.81. The van der Waals surface area contributed by atoms with Crippen LogP contribution in [0.1, 0.15) is 28.8 Å². The largest absolute Gasteiger partial charge is 0.338 e. The number of likely N-dealkylation sites (tertiary alicyclic amines) is 1. The molecule has 0 spiro atoms. The van der Waals surface area contributed by atoms with Crippen LogP contribution in [-0.4, -0.2) is 41.1 Å². The highest BCUT2D eigenvalue weighted by Crippen LogP contribution is 2.16. The number of benzene rings is 1. The molecule has 1 aliphatic heterocycles. The zero-order chi connectivity index (χ0) is 15.2. The Kier molecular flexibility index (Phi) is 4.59. The number of hydrogen-bond donors (Lipinski definition) is 0. The molecule has 0 bridgehead atoms. The van der Waals surface area contributed by atoms with Crippen LogP contribution in [0.25, 0.3) is 0 Å². The minimum absolute atomic E-state index is 0.122. The third kappa shape index (κ3) is 3.58. The molecular weight excluding hydrogens is 274 g/mol. The summed E-state index contributed by atoms with van der Waals surface area (Å²) in [7, 11) is 0. The lowest BCUT2D eigenvalue weighted by Gasteiger charge is -2.30. The minimum Gasteiger partial charge on any atom is -0.338 e. The summed E-state index contributed by atoms with van der Waals surface area (Å²) < 4.78 is 0. The number of aliphatic imine (C=N–C) groups is 1. The molecule has 0 aliphatic carbocycles. The number of aromatic nitrogens is 1. The third-order valence-corrected chi connectivity index (χ3v) is 3.91. The molecule has 1 saturated heterocycles. The van der Waals surface area contributed by atoms with E-state index in [1.165, 1.54) is 0 Å². The lowest BCUT2D eigenvalue weighted by atomic mass is 10.0. The highest BCUT2D eigenvalue weighted by molar-refractivity contribution is 5.94. The van der Waals surface area contributed by atoms with Crippen LogP contribution >= 0.6 is 0 Å². The molecule has 4 nitrogen and oxygen atoms in total. The fraction of sp³-hybridized carbons (Fsp3) is 0.278. The molecule has 1 amide bonds. The monoisotopic (exact) mass is 293 g/mol. The smallest absolute Gasteiger partial charge is 0.253 e. The van der Waals surface area contributed by atoms with Gasteiger partial charge < -0.3 is 4.90 Å². The zero-order valence-corrected chi connectivity index (χ0v) is 12.4. The first-order valence-corrected chi connectivity index (χ1v) is 7.60. The van der Waals surface area contributed by atoms with Crippen molar-refractivity contribution in [1.29, 1.82) is 0 Å². The molecule has 1 aromatic heterocycles. The van der Waals surface area contributed by atoms with E-state index in [1.807, 2.05) is 53.6 Å². The van der Waals surface area contributed by atoms with Gasteiger partial charge in [0.2, 0.25) is 0 Å². The molecule has 0 saturated carbocycles. The van der Waals surface area contributed by atoms with E-state index in [-0.39, 0.29) is 5.91 Å². The Labute approximate surface area is 130 Å². The topological polar surface area (TPSA) is 45.6 Å². The molecule has 1 aliphatic rings. The predicted molar refractivity (Wildman–Crippen MR) is 87.2 cm³/mol. The lowest BCUT2D eigenvalue weighted by molar-refractivity contribution is 0.0715. The Bertz CT molecular complexity index is 632.